The molecule has 0 saturated carbocycles. The van der Waals surface area contributed by atoms with Gasteiger partial charge in [0.15, 0.2) is 0 Å². The highest BCUT2D eigenvalue weighted by Gasteiger charge is 2.20. The van der Waals surface area contributed by atoms with E-state index < -0.39 is 0 Å². The van der Waals surface area contributed by atoms with Crippen LogP contribution in [0.4, 0.5) is 5.69 Å². The van der Waals surface area contributed by atoms with E-state index in [-0.39, 0.29) is 28.3 Å². The maximum atomic E-state index is 12.9. The third-order valence-electron chi connectivity index (χ3n) is 8.21. The van der Waals surface area contributed by atoms with Gasteiger partial charge in [-0.2, -0.15) is 0 Å². The largest absolute Gasteiger partial charge is 0.493 e. The number of ether oxygens (including phenoxy) is 1. The summed E-state index contributed by atoms with van der Waals surface area (Å²) in [6.07, 6.45) is 21.4. The molecule has 3 rings (SSSR count). The van der Waals surface area contributed by atoms with E-state index in [0.29, 0.717) is 6.42 Å². The van der Waals surface area contributed by atoms with E-state index in [1.807, 2.05) is 23.9 Å². The molecular formula is C38H59BrN2O2S. The van der Waals surface area contributed by atoms with Crippen molar-refractivity contribution in [2.45, 2.75) is 136 Å². The molecular weight excluding hydrogens is 628 g/mol. The normalized spacial score (nSPS) is 12.8. The van der Waals surface area contributed by atoms with Crippen LogP contribution in [0.2, 0.25) is 0 Å². The highest BCUT2D eigenvalue weighted by atomic mass is 79.9. The number of thioether (sulfide) groups is 1. The molecule has 0 unspecified atom stereocenters. The van der Waals surface area contributed by atoms with Crippen molar-refractivity contribution in [3.63, 3.8) is 0 Å². The summed E-state index contributed by atoms with van der Waals surface area (Å²) in [4.78, 5) is 15.2. The first-order valence-electron chi connectivity index (χ1n) is 17.0. The lowest BCUT2D eigenvalue weighted by molar-refractivity contribution is -0.115. The van der Waals surface area contributed by atoms with Crippen LogP contribution in [0.1, 0.15) is 134 Å². The lowest BCUT2D eigenvalue weighted by atomic mass is 9.85. The number of benzene rings is 2. The Kier molecular flexibility index (Phi) is 18.9. The highest BCUT2D eigenvalue weighted by molar-refractivity contribution is 8.93. The van der Waals surface area contributed by atoms with Crippen LogP contribution in [0.3, 0.4) is 0 Å². The van der Waals surface area contributed by atoms with Crippen LogP contribution in [0.25, 0.3) is 0 Å². The summed E-state index contributed by atoms with van der Waals surface area (Å²) >= 11 is 1.81. The van der Waals surface area contributed by atoms with Gasteiger partial charge in [-0.25, -0.2) is 0 Å². The van der Waals surface area contributed by atoms with Gasteiger partial charge in [0, 0.05) is 18.4 Å². The quantitative estimate of drug-likeness (QED) is 0.133. The average Bonchev–Trinajstić information content (AvgIpc) is 3.49. The fraction of sp³-hybridized carbons (Fsp3) is 0.605. The van der Waals surface area contributed by atoms with Gasteiger partial charge in [0.1, 0.15) is 5.75 Å². The van der Waals surface area contributed by atoms with Crippen molar-refractivity contribution in [3.8, 4) is 5.75 Å². The average molecular weight is 688 g/mol. The van der Waals surface area contributed by atoms with Gasteiger partial charge in [-0.1, -0.05) is 135 Å². The van der Waals surface area contributed by atoms with Crippen LogP contribution in [-0.4, -0.2) is 23.3 Å². The molecule has 0 aromatic heterocycles. The van der Waals surface area contributed by atoms with E-state index in [1.165, 1.54) is 94.6 Å². The Hall–Kier alpha value is -1.92. The Morgan fingerprint density at radius 3 is 1.93 bits per heavy atom. The zero-order chi connectivity index (χ0) is 30.8. The number of nitrogens with one attached hydrogen (secondary N) is 1. The molecule has 1 heterocycles. The third-order valence-corrected chi connectivity index (χ3v) is 9.00. The maximum Gasteiger partial charge on any atom is 0.228 e. The number of hydrogen-bond acceptors (Lipinski definition) is 4. The van der Waals surface area contributed by atoms with Crippen LogP contribution >= 0.6 is 28.7 Å². The Morgan fingerprint density at radius 1 is 0.818 bits per heavy atom. The van der Waals surface area contributed by atoms with E-state index in [0.717, 1.165) is 42.4 Å². The molecule has 1 amide bonds. The maximum absolute atomic E-state index is 12.9. The van der Waals surface area contributed by atoms with Gasteiger partial charge in [0.2, 0.25) is 5.91 Å². The van der Waals surface area contributed by atoms with Crippen molar-refractivity contribution in [1.82, 2.24) is 4.90 Å². The van der Waals surface area contributed by atoms with Gasteiger partial charge in [-0.15, -0.1) is 28.7 Å². The molecule has 0 bridgehead atoms. The molecule has 1 aliphatic rings. The van der Waals surface area contributed by atoms with Crippen molar-refractivity contribution >= 4 is 40.3 Å². The molecule has 0 aliphatic carbocycles. The molecule has 246 valence electrons. The first kappa shape index (κ1) is 38.3. The Labute approximate surface area is 284 Å². The van der Waals surface area contributed by atoms with Gasteiger partial charge in [-0.3, -0.25) is 4.79 Å². The van der Waals surface area contributed by atoms with Crippen LogP contribution < -0.4 is 10.1 Å². The number of nitrogens with zero attached hydrogens (tertiary/aromatic N) is 1. The summed E-state index contributed by atoms with van der Waals surface area (Å²) in [5, 5.41) is 5.19. The molecule has 0 spiro atoms. The number of carbonyl (C=O) groups is 1. The summed E-state index contributed by atoms with van der Waals surface area (Å²) in [7, 11) is 0. The number of unbranched alkanes of at least 4 members (excludes halogenated alkanes) is 13. The fourth-order valence-corrected chi connectivity index (χ4v) is 6.34. The summed E-state index contributed by atoms with van der Waals surface area (Å²) in [6.45, 7) is 10.6. The highest BCUT2D eigenvalue weighted by Crippen LogP contribution is 2.32. The van der Waals surface area contributed by atoms with Crippen molar-refractivity contribution in [2.24, 2.45) is 0 Å². The molecule has 0 saturated heterocycles. The van der Waals surface area contributed by atoms with E-state index in [2.05, 4.69) is 79.9 Å². The number of rotatable bonds is 21. The SMILES string of the molecule is Br.CCCCCCCCCCCCCCCCOc1cc(CC(=O)Nc2ccc(CN3C=CSC3)cc2)ccc1C(C)(C)C. The van der Waals surface area contributed by atoms with Crippen molar-refractivity contribution in [1.29, 1.82) is 0 Å². The monoisotopic (exact) mass is 686 g/mol. The van der Waals surface area contributed by atoms with Crippen LogP contribution in [0, 0.1) is 0 Å². The van der Waals surface area contributed by atoms with Crippen LogP contribution in [0.15, 0.2) is 54.1 Å². The second-order valence-electron chi connectivity index (χ2n) is 13.3. The van der Waals surface area contributed by atoms with Gasteiger partial charge < -0.3 is 15.0 Å². The molecule has 0 fully saturated rings. The molecule has 6 heteroatoms. The van der Waals surface area contributed by atoms with Gasteiger partial charge in [0.25, 0.3) is 0 Å². The molecule has 44 heavy (non-hydrogen) atoms. The Bertz CT molecular complexity index is 1100. The molecule has 0 atom stereocenters. The third kappa shape index (κ3) is 15.4. The first-order chi connectivity index (χ1) is 20.8. The van der Waals surface area contributed by atoms with Crippen LogP contribution in [0.5, 0.6) is 5.75 Å². The number of anilines is 1. The fourth-order valence-electron chi connectivity index (χ4n) is 5.62. The summed E-state index contributed by atoms with van der Waals surface area (Å²) in [5.41, 5.74) is 4.24. The second kappa shape index (κ2) is 21.8. The summed E-state index contributed by atoms with van der Waals surface area (Å²) < 4.78 is 6.34. The number of halogens is 1. The minimum absolute atomic E-state index is 0. The Morgan fingerprint density at radius 2 is 1.39 bits per heavy atom. The first-order valence-corrected chi connectivity index (χ1v) is 18.1. The van der Waals surface area contributed by atoms with Gasteiger partial charge >= 0.3 is 0 Å². The molecule has 4 nitrogen and oxygen atoms in total. The van der Waals surface area contributed by atoms with E-state index in [1.54, 1.807) is 0 Å². The minimum atomic E-state index is -0.0169. The van der Waals surface area contributed by atoms with E-state index in [4.69, 9.17) is 4.74 Å². The topological polar surface area (TPSA) is 41.6 Å². The van der Waals surface area contributed by atoms with Gasteiger partial charge in [-0.05, 0) is 52.1 Å². The zero-order valence-electron chi connectivity index (χ0n) is 28.0. The second-order valence-corrected chi connectivity index (χ2v) is 14.1. The predicted octanol–water partition coefficient (Wildman–Crippen LogP) is 11.6. The number of hydrogen-bond donors (Lipinski definition) is 1. The van der Waals surface area contributed by atoms with Crippen molar-refractivity contribution < 1.29 is 9.53 Å². The Balaban J connectivity index is 0.00000675. The zero-order valence-corrected chi connectivity index (χ0v) is 30.5. The van der Waals surface area contributed by atoms with E-state index in [9.17, 15) is 4.79 Å². The van der Waals surface area contributed by atoms with Crippen LogP contribution in [-0.2, 0) is 23.2 Å². The predicted molar refractivity (Wildman–Crippen MR) is 197 cm³/mol. The molecule has 2 aromatic rings. The smallest absolute Gasteiger partial charge is 0.228 e. The number of carbonyl (C=O) groups excluding carboxylic acids is 1. The summed E-state index contributed by atoms with van der Waals surface area (Å²) in [5.74, 6) is 1.91. The minimum Gasteiger partial charge on any atom is -0.493 e. The lowest BCUT2D eigenvalue weighted by Crippen LogP contribution is -2.17. The standard InChI is InChI=1S/C38H58N2O2S.BrH/c1-5-6-7-8-9-10-11-12-13-14-15-16-17-18-26-42-36-28-33(21-24-35(36)38(2,3)4)29-37(41)39-34-22-19-32(20-23-34)30-40-25-27-43-31-40;/h19-25,27-28H,5-18,26,29-31H2,1-4H3,(H,39,41);1H. The van der Waals surface area contributed by atoms with Crippen molar-refractivity contribution in [3.05, 3.63) is 70.8 Å². The molecule has 1 aliphatic heterocycles. The number of amides is 1. The van der Waals surface area contributed by atoms with Crippen molar-refractivity contribution in [2.75, 3.05) is 17.8 Å². The van der Waals surface area contributed by atoms with Gasteiger partial charge in [0.05, 0.1) is 18.9 Å². The molecule has 1 N–H and O–H groups in total. The summed E-state index contributed by atoms with van der Waals surface area (Å²) in [6, 6.07) is 14.5. The molecule has 2 aromatic carbocycles. The lowest BCUT2D eigenvalue weighted by Gasteiger charge is -2.23. The van der Waals surface area contributed by atoms with E-state index >= 15 is 0 Å². The molecule has 0 radical (unpaired) electrons.